The van der Waals surface area contributed by atoms with Crippen LogP contribution in [-0.4, -0.2) is 55.2 Å². The second kappa shape index (κ2) is 10.4. The Balaban J connectivity index is 1.82. The molecular weight excluding hydrogens is 398 g/mol. The second-order valence-corrected chi connectivity index (χ2v) is 8.75. The average Bonchev–Trinajstić information content (AvgIpc) is 3.07. The fourth-order valence-electron chi connectivity index (χ4n) is 3.34. The number of amides is 1. The van der Waals surface area contributed by atoms with Gasteiger partial charge in [-0.1, -0.05) is 11.8 Å². The molecule has 1 aliphatic carbocycles. The minimum Gasteiger partial charge on any atom is -0.385 e. The summed E-state index contributed by atoms with van der Waals surface area (Å²) in [6.07, 6.45) is 5.04. The van der Waals surface area contributed by atoms with E-state index in [0.717, 1.165) is 35.9 Å². The summed E-state index contributed by atoms with van der Waals surface area (Å²) in [5, 5.41) is 4.22. The van der Waals surface area contributed by atoms with Gasteiger partial charge < -0.3 is 14.8 Å². The van der Waals surface area contributed by atoms with E-state index in [1.165, 1.54) is 28.6 Å². The van der Waals surface area contributed by atoms with Gasteiger partial charge in [-0.2, -0.15) is 0 Å². The molecule has 3 rings (SSSR count). The van der Waals surface area contributed by atoms with Gasteiger partial charge in [0.05, 0.1) is 24.3 Å². The van der Waals surface area contributed by atoms with Crippen LogP contribution >= 0.6 is 23.1 Å². The van der Waals surface area contributed by atoms with Crippen molar-refractivity contribution in [3.63, 3.8) is 0 Å². The number of carbonyl (C=O) groups excluding carboxylic acids is 1. The van der Waals surface area contributed by atoms with E-state index in [1.807, 2.05) is 0 Å². The Morgan fingerprint density at radius 2 is 2.04 bits per heavy atom. The SMILES string of the molecule is COCCCNC(=O)CSc1nc2sc3c(c2c(=O)n1CCOC)CCCC3. The summed E-state index contributed by atoms with van der Waals surface area (Å²) in [6, 6.07) is 0. The number of nitrogens with one attached hydrogen (secondary N) is 1. The van der Waals surface area contributed by atoms with Gasteiger partial charge in [0.15, 0.2) is 5.16 Å². The van der Waals surface area contributed by atoms with E-state index < -0.39 is 0 Å². The molecule has 2 heterocycles. The highest BCUT2D eigenvalue weighted by molar-refractivity contribution is 7.99. The van der Waals surface area contributed by atoms with Crippen LogP contribution in [0.3, 0.4) is 0 Å². The van der Waals surface area contributed by atoms with Crippen LogP contribution in [0.1, 0.15) is 29.7 Å². The topological polar surface area (TPSA) is 82.5 Å². The lowest BCUT2D eigenvalue weighted by molar-refractivity contribution is -0.118. The van der Waals surface area contributed by atoms with E-state index in [1.54, 1.807) is 30.1 Å². The van der Waals surface area contributed by atoms with E-state index in [2.05, 4.69) is 5.32 Å². The molecule has 0 saturated carbocycles. The van der Waals surface area contributed by atoms with Crippen LogP contribution in [0, 0.1) is 0 Å². The van der Waals surface area contributed by atoms with Gasteiger partial charge in [-0.05, 0) is 37.7 Å². The monoisotopic (exact) mass is 425 g/mol. The van der Waals surface area contributed by atoms with Crippen LogP contribution in [0.2, 0.25) is 0 Å². The summed E-state index contributed by atoms with van der Waals surface area (Å²) in [5.74, 6) is 0.155. The van der Waals surface area contributed by atoms with Gasteiger partial charge in [-0.3, -0.25) is 14.2 Å². The first kappa shape index (κ1) is 21.3. The molecule has 0 radical (unpaired) electrons. The zero-order valence-corrected chi connectivity index (χ0v) is 18.0. The number of nitrogens with zero attached hydrogens (tertiary/aromatic N) is 2. The largest absolute Gasteiger partial charge is 0.385 e. The number of ether oxygens (including phenoxy) is 2. The maximum absolute atomic E-state index is 13.2. The molecule has 2 aromatic rings. The molecule has 1 N–H and O–H groups in total. The first-order valence-corrected chi connectivity index (χ1v) is 11.4. The Hall–Kier alpha value is -1.42. The number of aromatic nitrogens is 2. The Bertz CT molecular complexity index is 878. The van der Waals surface area contributed by atoms with Gasteiger partial charge in [-0.25, -0.2) is 4.98 Å². The highest BCUT2D eigenvalue weighted by Gasteiger charge is 2.22. The first-order valence-electron chi connectivity index (χ1n) is 9.58. The van der Waals surface area contributed by atoms with Crippen molar-refractivity contribution in [2.75, 3.05) is 39.7 Å². The van der Waals surface area contributed by atoms with Crippen molar-refractivity contribution in [2.24, 2.45) is 0 Å². The molecule has 0 fully saturated rings. The van der Waals surface area contributed by atoms with Gasteiger partial charge in [-0.15, -0.1) is 11.3 Å². The highest BCUT2D eigenvalue weighted by atomic mass is 32.2. The third kappa shape index (κ3) is 4.94. The predicted molar refractivity (Wildman–Crippen MR) is 113 cm³/mol. The van der Waals surface area contributed by atoms with Gasteiger partial charge in [0.1, 0.15) is 4.83 Å². The number of methoxy groups -OCH3 is 2. The number of carbonyl (C=O) groups is 1. The Morgan fingerprint density at radius 3 is 2.82 bits per heavy atom. The van der Waals surface area contributed by atoms with Crippen LogP contribution in [0.15, 0.2) is 9.95 Å². The number of thioether (sulfide) groups is 1. The van der Waals surface area contributed by atoms with Gasteiger partial charge in [0.25, 0.3) is 5.56 Å². The van der Waals surface area contributed by atoms with Crippen molar-refractivity contribution in [2.45, 2.75) is 43.8 Å². The van der Waals surface area contributed by atoms with Gasteiger partial charge >= 0.3 is 0 Å². The van der Waals surface area contributed by atoms with Crippen molar-refractivity contribution in [1.82, 2.24) is 14.9 Å². The van der Waals surface area contributed by atoms with Crippen LogP contribution in [0.4, 0.5) is 0 Å². The molecule has 7 nitrogen and oxygen atoms in total. The number of aryl methyl sites for hydroxylation is 2. The zero-order chi connectivity index (χ0) is 19.9. The van der Waals surface area contributed by atoms with Crippen LogP contribution in [0.5, 0.6) is 0 Å². The normalized spacial score (nSPS) is 13.6. The quantitative estimate of drug-likeness (QED) is 0.357. The van der Waals surface area contributed by atoms with Crippen LogP contribution in [0.25, 0.3) is 10.2 Å². The molecule has 2 aromatic heterocycles. The van der Waals surface area contributed by atoms with E-state index in [9.17, 15) is 9.59 Å². The van der Waals surface area contributed by atoms with Crippen molar-refractivity contribution in [1.29, 1.82) is 0 Å². The van der Waals surface area contributed by atoms with E-state index >= 15 is 0 Å². The first-order chi connectivity index (χ1) is 13.7. The molecule has 154 valence electrons. The fourth-order valence-corrected chi connectivity index (χ4v) is 5.49. The third-order valence-electron chi connectivity index (χ3n) is 4.74. The van der Waals surface area contributed by atoms with E-state index in [0.29, 0.717) is 31.5 Å². The molecule has 1 amide bonds. The minimum atomic E-state index is -0.0702. The van der Waals surface area contributed by atoms with Crippen molar-refractivity contribution < 1.29 is 14.3 Å². The molecule has 0 atom stereocenters. The lowest BCUT2D eigenvalue weighted by atomic mass is 9.97. The van der Waals surface area contributed by atoms with Crippen LogP contribution < -0.4 is 10.9 Å². The summed E-state index contributed by atoms with van der Waals surface area (Å²) in [7, 11) is 3.25. The fraction of sp³-hybridized carbons (Fsp3) is 0.632. The van der Waals surface area contributed by atoms with E-state index in [-0.39, 0.29) is 17.2 Å². The molecule has 0 spiro atoms. The number of rotatable bonds is 10. The third-order valence-corrected chi connectivity index (χ3v) is 6.90. The van der Waals surface area contributed by atoms with Crippen molar-refractivity contribution in [3.8, 4) is 0 Å². The molecule has 0 bridgehead atoms. The van der Waals surface area contributed by atoms with Crippen molar-refractivity contribution >= 4 is 39.2 Å². The Kier molecular flexibility index (Phi) is 7.90. The molecule has 28 heavy (non-hydrogen) atoms. The summed E-state index contributed by atoms with van der Waals surface area (Å²) < 4.78 is 11.8. The number of hydrogen-bond acceptors (Lipinski definition) is 7. The Morgan fingerprint density at radius 1 is 1.25 bits per heavy atom. The van der Waals surface area contributed by atoms with Gasteiger partial charge in [0, 0.05) is 32.2 Å². The van der Waals surface area contributed by atoms with E-state index in [4.69, 9.17) is 14.5 Å². The summed E-state index contributed by atoms with van der Waals surface area (Å²) in [4.78, 5) is 32.2. The van der Waals surface area contributed by atoms with Crippen LogP contribution in [-0.2, 0) is 33.7 Å². The standard InChI is InChI=1S/C19H27N3O4S2/c1-25-10-5-8-20-15(23)12-27-19-21-17-16(18(24)22(19)9-11-26-2)13-6-3-4-7-14(13)28-17/h3-12H2,1-2H3,(H,20,23). The molecule has 0 aliphatic heterocycles. The average molecular weight is 426 g/mol. The van der Waals surface area contributed by atoms with Gasteiger partial charge in [0.2, 0.25) is 5.91 Å². The molecule has 9 heteroatoms. The molecule has 0 saturated heterocycles. The predicted octanol–water partition coefficient (Wildman–Crippen LogP) is 2.23. The van der Waals surface area contributed by atoms with Crippen molar-refractivity contribution in [3.05, 3.63) is 20.8 Å². The smallest absolute Gasteiger partial charge is 0.263 e. The molecule has 1 aliphatic rings. The maximum atomic E-state index is 13.2. The lowest BCUT2D eigenvalue weighted by Crippen LogP contribution is -2.28. The zero-order valence-electron chi connectivity index (χ0n) is 16.4. The summed E-state index contributed by atoms with van der Waals surface area (Å²) >= 11 is 2.93. The molecular formula is C19H27N3O4S2. The maximum Gasteiger partial charge on any atom is 0.263 e. The molecule has 0 unspecified atom stereocenters. The lowest BCUT2D eigenvalue weighted by Gasteiger charge is -2.13. The number of thiophene rings is 1. The Labute approximate surface area is 172 Å². The highest BCUT2D eigenvalue weighted by Crippen LogP contribution is 2.34. The summed E-state index contributed by atoms with van der Waals surface area (Å²) in [5.41, 5.74) is 1.17. The number of hydrogen-bond donors (Lipinski definition) is 1. The number of fused-ring (bicyclic) bond motifs is 3. The molecule has 0 aromatic carbocycles. The summed E-state index contributed by atoms with van der Waals surface area (Å²) in [6.45, 7) is 2.05. The minimum absolute atomic E-state index is 0.00977. The second-order valence-electron chi connectivity index (χ2n) is 6.72.